The largest absolute Gasteiger partial charge is 0.486 e. The molecule has 1 unspecified atom stereocenters. The van der Waals surface area contributed by atoms with Crippen molar-refractivity contribution in [3.63, 3.8) is 0 Å². The van der Waals surface area contributed by atoms with E-state index in [-0.39, 0.29) is 16.4 Å². The first-order valence-corrected chi connectivity index (χ1v) is 13.4. The molecule has 0 spiro atoms. The number of anilines is 1. The quantitative estimate of drug-likeness (QED) is 0.263. The maximum atomic E-state index is 11.8. The van der Waals surface area contributed by atoms with Gasteiger partial charge in [-0.1, -0.05) is 37.7 Å². The minimum absolute atomic E-state index is 0.233. The number of imide groups is 1. The van der Waals surface area contributed by atoms with Gasteiger partial charge in [0.25, 0.3) is 5.24 Å². The van der Waals surface area contributed by atoms with Gasteiger partial charge in [0.15, 0.2) is 0 Å². The second-order valence-corrected chi connectivity index (χ2v) is 10.8. The number of aryl methyl sites for hydroxylation is 1. The SMILES string of the molecule is CC(C)CNc1ccc(Oc2ccc3nc(COc4ccc(CC5SC(=O)NC5=O)cc4)n(C)c3c2)cc1. The normalized spacial score (nSPS) is 15.2. The Morgan fingerprint density at radius 1 is 1.00 bits per heavy atom. The molecule has 196 valence electrons. The van der Waals surface area contributed by atoms with Crippen molar-refractivity contribution in [2.75, 3.05) is 11.9 Å². The van der Waals surface area contributed by atoms with Gasteiger partial charge in [0.05, 0.1) is 16.3 Å². The maximum Gasteiger partial charge on any atom is 0.286 e. The number of carbonyl (C=O) groups excluding carboxylic acids is 2. The van der Waals surface area contributed by atoms with Crippen molar-refractivity contribution in [3.05, 3.63) is 78.1 Å². The molecule has 1 atom stereocenters. The van der Waals surface area contributed by atoms with E-state index < -0.39 is 0 Å². The van der Waals surface area contributed by atoms with E-state index in [0.717, 1.165) is 57.9 Å². The molecule has 8 nitrogen and oxygen atoms in total. The van der Waals surface area contributed by atoms with Gasteiger partial charge >= 0.3 is 0 Å². The number of aromatic nitrogens is 2. The van der Waals surface area contributed by atoms with Crippen LogP contribution in [0.3, 0.4) is 0 Å². The van der Waals surface area contributed by atoms with Crippen LogP contribution < -0.4 is 20.1 Å². The van der Waals surface area contributed by atoms with Crippen LogP contribution in [0.1, 0.15) is 25.2 Å². The minimum atomic E-state index is -0.380. The van der Waals surface area contributed by atoms with E-state index in [1.807, 2.05) is 78.3 Å². The first kappa shape index (κ1) is 25.7. The van der Waals surface area contributed by atoms with Gasteiger partial charge in [0.1, 0.15) is 29.7 Å². The van der Waals surface area contributed by atoms with Gasteiger partial charge in [-0.3, -0.25) is 14.9 Å². The number of amides is 2. The van der Waals surface area contributed by atoms with Crippen LogP contribution in [0.25, 0.3) is 11.0 Å². The van der Waals surface area contributed by atoms with Gasteiger partial charge in [0, 0.05) is 25.3 Å². The Bertz CT molecular complexity index is 1450. The lowest BCUT2D eigenvalue weighted by Crippen LogP contribution is -2.25. The van der Waals surface area contributed by atoms with E-state index in [2.05, 4.69) is 24.5 Å². The number of nitrogens with one attached hydrogen (secondary N) is 2. The van der Waals surface area contributed by atoms with Crippen molar-refractivity contribution in [3.8, 4) is 17.2 Å². The monoisotopic (exact) mass is 530 g/mol. The number of hydrogen-bond acceptors (Lipinski definition) is 7. The van der Waals surface area contributed by atoms with Gasteiger partial charge in [0.2, 0.25) is 5.91 Å². The van der Waals surface area contributed by atoms with Gasteiger partial charge in [-0.25, -0.2) is 4.98 Å². The average molecular weight is 531 g/mol. The summed E-state index contributed by atoms with van der Waals surface area (Å²) in [6, 6.07) is 21.4. The highest BCUT2D eigenvalue weighted by atomic mass is 32.2. The Balaban J connectivity index is 1.20. The fourth-order valence-electron chi connectivity index (χ4n) is 4.12. The predicted molar refractivity (Wildman–Crippen MR) is 150 cm³/mol. The second kappa shape index (κ2) is 11.2. The topological polar surface area (TPSA) is 94.5 Å². The molecule has 1 saturated heterocycles. The van der Waals surface area contributed by atoms with Gasteiger partial charge in [-0.2, -0.15) is 0 Å². The molecule has 3 aromatic carbocycles. The minimum Gasteiger partial charge on any atom is -0.486 e. The van der Waals surface area contributed by atoms with Crippen molar-refractivity contribution in [1.29, 1.82) is 0 Å². The van der Waals surface area contributed by atoms with E-state index in [1.165, 1.54) is 0 Å². The summed E-state index contributed by atoms with van der Waals surface area (Å²) in [6.07, 6.45) is 0.497. The van der Waals surface area contributed by atoms with Crippen molar-refractivity contribution >= 4 is 39.6 Å². The number of imidazole rings is 1. The van der Waals surface area contributed by atoms with Gasteiger partial charge in [-0.15, -0.1) is 0 Å². The number of benzene rings is 3. The fourth-order valence-corrected chi connectivity index (χ4v) is 4.98. The van der Waals surface area contributed by atoms with Crippen molar-refractivity contribution in [2.24, 2.45) is 13.0 Å². The van der Waals surface area contributed by atoms with Crippen LogP contribution in [-0.2, 0) is 24.9 Å². The summed E-state index contributed by atoms with van der Waals surface area (Å²) < 4.78 is 14.1. The highest BCUT2D eigenvalue weighted by Gasteiger charge is 2.31. The van der Waals surface area contributed by atoms with E-state index in [9.17, 15) is 9.59 Å². The van der Waals surface area contributed by atoms with Crippen LogP contribution in [0.4, 0.5) is 10.5 Å². The highest BCUT2D eigenvalue weighted by Crippen LogP contribution is 2.28. The number of nitrogens with zero attached hydrogens (tertiary/aromatic N) is 2. The van der Waals surface area contributed by atoms with E-state index in [4.69, 9.17) is 14.5 Å². The molecule has 0 radical (unpaired) electrons. The summed E-state index contributed by atoms with van der Waals surface area (Å²) in [5.41, 5.74) is 3.86. The molecular weight excluding hydrogens is 500 g/mol. The van der Waals surface area contributed by atoms with E-state index in [0.29, 0.717) is 24.7 Å². The van der Waals surface area contributed by atoms with Crippen LogP contribution in [-0.4, -0.2) is 32.5 Å². The highest BCUT2D eigenvalue weighted by molar-refractivity contribution is 8.15. The third kappa shape index (κ3) is 6.11. The van der Waals surface area contributed by atoms with Crippen LogP contribution in [0, 0.1) is 5.92 Å². The summed E-state index contributed by atoms with van der Waals surface area (Å²) >= 11 is 1.03. The lowest BCUT2D eigenvalue weighted by Gasteiger charge is -2.10. The molecule has 9 heteroatoms. The molecule has 2 heterocycles. The van der Waals surface area contributed by atoms with Crippen molar-refractivity contribution < 1.29 is 19.1 Å². The standard InChI is InChI=1S/C29H30N4O4S/c1-18(2)16-30-20-6-10-22(11-7-20)37-23-12-13-24-25(15-23)33(3)27(31-24)17-36-21-8-4-19(5-9-21)14-26-28(34)32-29(35)38-26/h4-13,15,18,26,30H,14,16-17H2,1-3H3,(H,32,34,35). The lowest BCUT2D eigenvalue weighted by molar-refractivity contribution is -0.118. The van der Waals surface area contributed by atoms with Gasteiger partial charge < -0.3 is 19.4 Å². The molecule has 0 saturated carbocycles. The van der Waals surface area contributed by atoms with Crippen molar-refractivity contribution in [2.45, 2.75) is 32.1 Å². The molecule has 1 fully saturated rings. The van der Waals surface area contributed by atoms with Crippen LogP contribution >= 0.6 is 11.8 Å². The van der Waals surface area contributed by atoms with Crippen molar-refractivity contribution in [1.82, 2.24) is 14.9 Å². The van der Waals surface area contributed by atoms with Crippen LogP contribution in [0.15, 0.2) is 66.7 Å². The van der Waals surface area contributed by atoms with E-state index in [1.54, 1.807) is 0 Å². The third-order valence-electron chi connectivity index (χ3n) is 6.23. The number of ether oxygens (including phenoxy) is 2. The molecule has 38 heavy (non-hydrogen) atoms. The number of hydrogen-bond donors (Lipinski definition) is 2. The second-order valence-electron chi connectivity index (χ2n) is 9.66. The summed E-state index contributed by atoms with van der Waals surface area (Å²) in [6.45, 7) is 5.59. The maximum absolute atomic E-state index is 11.8. The summed E-state index contributed by atoms with van der Waals surface area (Å²) in [5, 5.41) is 5.06. The number of carbonyl (C=O) groups is 2. The zero-order valence-corrected chi connectivity index (χ0v) is 22.4. The lowest BCUT2D eigenvalue weighted by atomic mass is 10.1. The number of thioether (sulfide) groups is 1. The van der Waals surface area contributed by atoms with E-state index >= 15 is 0 Å². The first-order chi connectivity index (χ1) is 18.3. The molecule has 2 amide bonds. The Labute approximate surface area is 225 Å². The summed E-state index contributed by atoms with van der Waals surface area (Å²) in [7, 11) is 1.96. The smallest absolute Gasteiger partial charge is 0.286 e. The molecule has 1 aromatic heterocycles. The Morgan fingerprint density at radius 3 is 2.39 bits per heavy atom. The average Bonchev–Trinajstić information content (AvgIpc) is 3.39. The summed E-state index contributed by atoms with van der Waals surface area (Å²) in [4.78, 5) is 27.9. The fraction of sp³-hybridized carbons (Fsp3) is 0.276. The van der Waals surface area contributed by atoms with Crippen LogP contribution in [0.5, 0.6) is 17.2 Å². The Hall–Kier alpha value is -3.98. The molecule has 1 aliphatic rings. The third-order valence-corrected chi connectivity index (χ3v) is 7.21. The Morgan fingerprint density at radius 2 is 1.71 bits per heavy atom. The summed E-state index contributed by atoms with van der Waals surface area (Å²) in [5.74, 6) is 3.35. The predicted octanol–water partition coefficient (Wildman–Crippen LogP) is 5.91. The molecular formula is C29H30N4O4S. The van der Waals surface area contributed by atoms with Gasteiger partial charge in [-0.05, 0) is 66.4 Å². The molecule has 2 N–H and O–H groups in total. The molecule has 1 aliphatic heterocycles. The zero-order valence-electron chi connectivity index (χ0n) is 21.6. The number of fused-ring (bicyclic) bond motifs is 1. The first-order valence-electron chi connectivity index (χ1n) is 12.5. The van der Waals surface area contributed by atoms with Crippen LogP contribution in [0.2, 0.25) is 0 Å². The number of rotatable bonds is 10. The molecule has 0 bridgehead atoms. The zero-order chi connectivity index (χ0) is 26.6. The Kier molecular flexibility index (Phi) is 7.55. The molecule has 4 aromatic rings. The molecule has 5 rings (SSSR count). The molecule has 0 aliphatic carbocycles.